The van der Waals surface area contributed by atoms with Gasteiger partial charge in [0.25, 0.3) is 0 Å². The Bertz CT molecular complexity index is 313. The number of carbonyl (C=O) groups excluding carboxylic acids is 2. The van der Waals surface area contributed by atoms with Gasteiger partial charge in [-0.15, -0.1) is 0 Å². The van der Waals surface area contributed by atoms with Crippen LogP contribution in [0.4, 0.5) is 0 Å². The van der Waals surface area contributed by atoms with Crippen LogP contribution in [0.1, 0.15) is 64.2 Å². The first-order valence-electron chi connectivity index (χ1n) is 7.15. The minimum absolute atomic E-state index is 0.142. The fraction of sp³-hybridized carbons (Fsp3) is 0.625. The summed E-state index contributed by atoms with van der Waals surface area (Å²) in [6.45, 7) is 0. The summed E-state index contributed by atoms with van der Waals surface area (Å²) in [5.41, 5.74) is 0. The first kappa shape index (κ1) is 14.9. The van der Waals surface area contributed by atoms with Crippen molar-refractivity contribution in [3.05, 3.63) is 24.3 Å². The lowest BCUT2D eigenvalue weighted by atomic mass is 10.0. The SMILES string of the molecule is O=C1C=CCC=CCCCCCCC(=O)CCC1. The van der Waals surface area contributed by atoms with Crippen LogP contribution in [0.25, 0.3) is 0 Å². The maximum Gasteiger partial charge on any atom is 0.155 e. The van der Waals surface area contributed by atoms with Crippen molar-refractivity contribution in [3.8, 4) is 0 Å². The van der Waals surface area contributed by atoms with Crippen LogP contribution in [0.2, 0.25) is 0 Å². The zero-order valence-corrected chi connectivity index (χ0v) is 11.2. The third kappa shape index (κ3) is 7.99. The summed E-state index contributed by atoms with van der Waals surface area (Å²) in [7, 11) is 0. The Hall–Kier alpha value is -1.18. The van der Waals surface area contributed by atoms with Gasteiger partial charge in [0.1, 0.15) is 5.78 Å². The second kappa shape index (κ2) is 9.81. The molecule has 1 aliphatic carbocycles. The molecule has 0 bridgehead atoms. The highest BCUT2D eigenvalue weighted by atomic mass is 16.1. The van der Waals surface area contributed by atoms with Crippen LogP contribution in [0.5, 0.6) is 0 Å². The highest BCUT2D eigenvalue weighted by Crippen LogP contribution is 2.09. The Morgan fingerprint density at radius 3 is 2.39 bits per heavy atom. The fourth-order valence-corrected chi connectivity index (χ4v) is 2.10. The lowest BCUT2D eigenvalue weighted by Gasteiger charge is -2.01. The average molecular weight is 248 g/mol. The Morgan fingerprint density at radius 1 is 0.722 bits per heavy atom. The number of hydrogen-bond acceptors (Lipinski definition) is 2. The van der Waals surface area contributed by atoms with E-state index in [1.54, 1.807) is 6.08 Å². The van der Waals surface area contributed by atoms with E-state index >= 15 is 0 Å². The maximum atomic E-state index is 11.5. The van der Waals surface area contributed by atoms with E-state index in [9.17, 15) is 9.59 Å². The molecule has 0 heterocycles. The van der Waals surface area contributed by atoms with Crippen molar-refractivity contribution in [2.45, 2.75) is 64.2 Å². The molecule has 100 valence electrons. The predicted molar refractivity (Wildman–Crippen MR) is 74.5 cm³/mol. The van der Waals surface area contributed by atoms with Crippen LogP contribution >= 0.6 is 0 Å². The van der Waals surface area contributed by atoms with Gasteiger partial charge in [-0.05, 0) is 38.2 Å². The summed E-state index contributed by atoms with van der Waals surface area (Å²) in [6.07, 6.45) is 16.9. The monoisotopic (exact) mass is 248 g/mol. The van der Waals surface area contributed by atoms with Gasteiger partial charge in [-0.2, -0.15) is 0 Å². The smallest absolute Gasteiger partial charge is 0.155 e. The normalized spacial score (nSPS) is 21.1. The summed E-state index contributed by atoms with van der Waals surface area (Å²) >= 11 is 0. The van der Waals surface area contributed by atoms with Crippen LogP contribution in [0.3, 0.4) is 0 Å². The molecule has 18 heavy (non-hydrogen) atoms. The largest absolute Gasteiger partial charge is 0.300 e. The Morgan fingerprint density at radius 2 is 1.50 bits per heavy atom. The van der Waals surface area contributed by atoms with Gasteiger partial charge < -0.3 is 0 Å². The second-order valence-corrected chi connectivity index (χ2v) is 4.92. The minimum Gasteiger partial charge on any atom is -0.300 e. The van der Waals surface area contributed by atoms with E-state index in [1.165, 1.54) is 12.8 Å². The third-order valence-corrected chi connectivity index (χ3v) is 3.20. The molecule has 0 aromatic carbocycles. The predicted octanol–water partition coefficient (Wildman–Crippen LogP) is 4.15. The van der Waals surface area contributed by atoms with Crippen molar-refractivity contribution >= 4 is 11.6 Å². The molecule has 0 aliphatic heterocycles. The van der Waals surface area contributed by atoms with Crippen molar-refractivity contribution in [1.29, 1.82) is 0 Å². The summed E-state index contributed by atoms with van der Waals surface area (Å²) in [5, 5.41) is 0. The van der Waals surface area contributed by atoms with Crippen LogP contribution in [-0.4, -0.2) is 11.6 Å². The molecule has 0 fully saturated rings. The van der Waals surface area contributed by atoms with E-state index in [0.29, 0.717) is 31.5 Å². The first-order valence-corrected chi connectivity index (χ1v) is 7.15. The Kier molecular flexibility index (Phi) is 8.11. The molecule has 2 heteroatoms. The lowest BCUT2D eigenvalue weighted by molar-refractivity contribution is -0.119. The van der Waals surface area contributed by atoms with Gasteiger partial charge in [0.2, 0.25) is 0 Å². The standard InChI is InChI=1S/C16H24O2/c17-15-11-8-6-4-2-1-3-5-7-9-12-16(18)14-10-13-15/h2,4,8,11H,1,3,5-7,9-10,12-14H2. The summed E-state index contributed by atoms with van der Waals surface area (Å²) < 4.78 is 0. The molecule has 0 spiro atoms. The van der Waals surface area contributed by atoms with Crippen molar-refractivity contribution < 1.29 is 9.59 Å². The minimum atomic E-state index is 0.142. The van der Waals surface area contributed by atoms with Crippen molar-refractivity contribution in [2.75, 3.05) is 0 Å². The number of ketones is 2. The van der Waals surface area contributed by atoms with Gasteiger partial charge in [-0.1, -0.05) is 31.1 Å². The van der Waals surface area contributed by atoms with E-state index in [1.807, 2.05) is 6.08 Å². The van der Waals surface area contributed by atoms with Gasteiger partial charge in [-0.3, -0.25) is 9.59 Å². The van der Waals surface area contributed by atoms with E-state index in [2.05, 4.69) is 12.2 Å². The topological polar surface area (TPSA) is 34.1 Å². The van der Waals surface area contributed by atoms with Crippen LogP contribution < -0.4 is 0 Å². The fourth-order valence-electron chi connectivity index (χ4n) is 2.10. The number of hydrogen-bond donors (Lipinski definition) is 0. The Balaban J connectivity index is 2.37. The van der Waals surface area contributed by atoms with Crippen LogP contribution in [0, 0.1) is 0 Å². The van der Waals surface area contributed by atoms with Gasteiger partial charge in [0.05, 0.1) is 0 Å². The van der Waals surface area contributed by atoms with Gasteiger partial charge in [0, 0.05) is 19.3 Å². The van der Waals surface area contributed by atoms with Crippen LogP contribution in [-0.2, 0) is 9.59 Å². The van der Waals surface area contributed by atoms with E-state index in [-0.39, 0.29) is 5.78 Å². The van der Waals surface area contributed by atoms with Crippen molar-refractivity contribution in [1.82, 2.24) is 0 Å². The van der Waals surface area contributed by atoms with E-state index in [4.69, 9.17) is 0 Å². The molecular weight excluding hydrogens is 224 g/mol. The molecule has 2 nitrogen and oxygen atoms in total. The highest BCUT2D eigenvalue weighted by Gasteiger charge is 2.04. The number of Topliss-reactive ketones (excluding diaryl/α,β-unsaturated/α-hetero) is 1. The second-order valence-electron chi connectivity index (χ2n) is 4.92. The van der Waals surface area contributed by atoms with Gasteiger partial charge >= 0.3 is 0 Å². The summed E-state index contributed by atoms with van der Waals surface area (Å²) in [5.74, 6) is 0.460. The Labute approximate surface area is 110 Å². The summed E-state index contributed by atoms with van der Waals surface area (Å²) in [6, 6.07) is 0. The molecule has 0 atom stereocenters. The molecule has 0 saturated heterocycles. The summed E-state index contributed by atoms with van der Waals surface area (Å²) in [4.78, 5) is 23.0. The van der Waals surface area contributed by atoms with Crippen molar-refractivity contribution in [3.63, 3.8) is 0 Å². The van der Waals surface area contributed by atoms with E-state index in [0.717, 1.165) is 25.7 Å². The van der Waals surface area contributed by atoms with Gasteiger partial charge in [-0.25, -0.2) is 0 Å². The molecule has 0 N–H and O–H groups in total. The highest BCUT2D eigenvalue weighted by molar-refractivity contribution is 5.90. The number of carbonyl (C=O) groups is 2. The quantitative estimate of drug-likeness (QED) is 0.603. The molecule has 0 aromatic rings. The van der Waals surface area contributed by atoms with E-state index < -0.39 is 0 Å². The third-order valence-electron chi connectivity index (χ3n) is 3.20. The number of allylic oxidation sites excluding steroid dienone is 4. The molecule has 0 saturated carbocycles. The molecule has 1 rings (SSSR count). The maximum absolute atomic E-state index is 11.5. The molecular formula is C16H24O2. The number of rotatable bonds is 0. The average Bonchev–Trinajstić information content (AvgIpc) is 2.34. The molecule has 0 radical (unpaired) electrons. The molecule has 0 amide bonds. The first-order chi connectivity index (χ1) is 8.79. The lowest BCUT2D eigenvalue weighted by Crippen LogP contribution is -2.00. The van der Waals surface area contributed by atoms with Crippen molar-refractivity contribution in [2.24, 2.45) is 0 Å². The zero-order chi connectivity index (χ0) is 13.1. The molecule has 1 aliphatic rings. The molecule has 0 aromatic heterocycles. The van der Waals surface area contributed by atoms with Gasteiger partial charge in [0.15, 0.2) is 5.78 Å². The zero-order valence-electron chi connectivity index (χ0n) is 11.2. The molecule has 0 unspecified atom stereocenters. The van der Waals surface area contributed by atoms with Crippen LogP contribution in [0.15, 0.2) is 24.3 Å².